The lowest BCUT2D eigenvalue weighted by Gasteiger charge is -2.19. The first-order valence-electron chi connectivity index (χ1n) is 7.61. The lowest BCUT2D eigenvalue weighted by atomic mass is 9.92. The van der Waals surface area contributed by atoms with E-state index in [9.17, 15) is 0 Å². The maximum Gasteiger partial charge on any atom is 0.0406 e. The fourth-order valence-corrected chi connectivity index (χ4v) is 2.55. The summed E-state index contributed by atoms with van der Waals surface area (Å²) < 4.78 is 0. The summed E-state index contributed by atoms with van der Waals surface area (Å²) in [6, 6.07) is 9.16. The van der Waals surface area contributed by atoms with Crippen LogP contribution in [0, 0.1) is 11.8 Å². The monoisotopic (exact) mass is 279 g/mol. The second kappa shape index (κ2) is 7.31. The molecule has 1 aliphatic carbocycles. The molecule has 1 nitrogen and oxygen atoms in total. The normalized spacial score (nSPS) is 16.8. The predicted molar refractivity (Wildman–Crippen MR) is 83.7 cm³/mol. The van der Waals surface area contributed by atoms with Crippen LogP contribution in [0.15, 0.2) is 24.3 Å². The second-order valence-electron chi connectivity index (χ2n) is 6.35. The van der Waals surface area contributed by atoms with Gasteiger partial charge in [0.05, 0.1) is 0 Å². The third-order valence-electron chi connectivity index (χ3n) is 3.86. The van der Waals surface area contributed by atoms with Gasteiger partial charge in [0, 0.05) is 11.1 Å². The zero-order valence-electron chi connectivity index (χ0n) is 12.2. The van der Waals surface area contributed by atoms with Gasteiger partial charge in [-0.2, -0.15) is 0 Å². The molecule has 1 aromatic carbocycles. The van der Waals surface area contributed by atoms with Crippen molar-refractivity contribution in [2.45, 2.75) is 52.0 Å². The second-order valence-corrected chi connectivity index (χ2v) is 6.79. The molecule has 106 valence electrons. The molecule has 1 aliphatic rings. The Bertz CT molecular complexity index is 361. The van der Waals surface area contributed by atoms with Crippen LogP contribution in [0.1, 0.15) is 45.1 Å². The number of nitrogens with one attached hydrogen (secondary N) is 1. The van der Waals surface area contributed by atoms with Crippen LogP contribution in [0.2, 0.25) is 5.02 Å². The summed E-state index contributed by atoms with van der Waals surface area (Å²) in [7, 11) is 0. The van der Waals surface area contributed by atoms with Gasteiger partial charge < -0.3 is 5.32 Å². The summed E-state index contributed by atoms with van der Waals surface area (Å²) in [6.07, 6.45) is 6.56. The Morgan fingerprint density at radius 3 is 2.42 bits per heavy atom. The third kappa shape index (κ3) is 5.97. The van der Waals surface area contributed by atoms with Gasteiger partial charge in [-0.1, -0.05) is 44.0 Å². The van der Waals surface area contributed by atoms with Gasteiger partial charge in [-0.05, 0) is 61.8 Å². The van der Waals surface area contributed by atoms with Crippen LogP contribution in [0.3, 0.4) is 0 Å². The Hall–Kier alpha value is -0.530. The lowest BCUT2D eigenvalue weighted by molar-refractivity contribution is 0.397. The summed E-state index contributed by atoms with van der Waals surface area (Å²) >= 11 is 5.95. The molecular formula is C17H26ClN. The summed E-state index contributed by atoms with van der Waals surface area (Å²) in [4.78, 5) is 0. The van der Waals surface area contributed by atoms with E-state index < -0.39 is 0 Å². The Balaban J connectivity index is 1.84. The van der Waals surface area contributed by atoms with Gasteiger partial charge in [0.2, 0.25) is 0 Å². The lowest BCUT2D eigenvalue weighted by Crippen LogP contribution is -2.26. The molecular weight excluding hydrogens is 254 g/mol. The van der Waals surface area contributed by atoms with E-state index in [1.165, 1.54) is 44.2 Å². The van der Waals surface area contributed by atoms with Crippen molar-refractivity contribution in [1.82, 2.24) is 5.32 Å². The molecule has 1 saturated carbocycles. The molecule has 0 saturated heterocycles. The summed E-state index contributed by atoms with van der Waals surface area (Å²) in [6.45, 7) is 5.79. The Morgan fingerprint density at radius 1 is 1.16 bits per heavy atom. The minimum Gasteiger partial charge on any atom is -0.314 e. The maximum atomic E-state index is 5.95. The molecule has 2 rings (SSSR count). The third-order valence-corrected chi connectivity index (χ3v) is 4.11. The minimum atomic E-state index is 0.754. The first kappa shape index (κ1) is 14.9. The van der Waals surface area contributed by atoms with Crippen LogP contribution < -0.4 is 5.32 Å². The van der Waals surface area contributed by atoms with Gasteiger partial charge in [-0.3, -0.25) is 0 Å². The molecule has 19 heavy (non-hydrogen) atoms. The van der Waals surface area contributed by atoms with Crippen LogP contribution in [0.4, 0.5) is 0 Å². The number of rotatable bonds is 8. The number of hydrogen-bond donors (Lipinski definition) is 1. The van der Waals surface area contributed by atoms with E-state index in [-0.39, 0.29) is 0 Å². The molecule has 0 aliphatic heterocycles. The summed E-state index contributed by atoms with van der Waals surface area (Å²) in [5.74, 6) is 1.55. The number of hydrogen-bond acceptors (Lipinski definition) is 1. The standard InChI is InChI=1S/C17H26ClN/c1-13(2)3-4-15(12-19-17-9-10-17)11-14-5-7-16(18)8-6-14/h5-8,13,15,17,19H,3-4,9-12H2,1-2H3. The highest BCUT2D eigenvalue weighted by atomic mass is 35.5. The quantitative estimate of drug-likeness (QED) is 0.728. The van der Waals surface area contributed by atoms with Gasteiger partial charge in [0.1, 0.15) is 0 Å². The predicted octanol–water partition coefficient (Wildman–Crippen LogP) is 4.69. The Labute approximate surface area is 122 Å². The highest BCUT2D eigenvalue weighted by Crippen LogP contribution is 2.22. The molecule has 0 heterocycles. The SMILES string of the molecule is CC(C)CCC(CNC1CC1)Cc1ccc(Cl)cc1. The van der Waals surface area contributed by atoms with Gasteiger partial charge in [-0.15, -0.1) is 0 Å². The van der Waals surface area contributed by atoms with Crippen LogP contribution in [-0.4, -0.2) is 12.6 Å². The summed E-state index contributed by atoms with van der Waals surface area (Å²) in [5.41, 5.74) is 1.41. The Kier molecular flexibility index (Phi) is 5.72. The molecule has 0 amide bonds. The van der Waals surface area contributed by atoms with Gasteiger partial charge in [0.25, 0.3) is 0 Å². The highest BCUT2D eigenvalue weighted by Gasteiger charge is 2.22. The van der Waals surface area contributed by atoms with E-state index in [1.54, 1.807) is 0 Å². The average molecular weight is 280 g/mol. The minimum absolute atomic E-state index is 0.754. The van der Waals surface area contributed by atoms with Crippen molar-refractivity contribution >= 4 is 11.6 Å². The molecule has 1 unspecified atom stereocenters. The molecule has 1 atom stereocenters. The largest absolute Gasteiger partial charge is 0.314 e. The van der Waals surface area contributed by atoms with Crippen LogP contribution in [-0.2, 0) is 6.42 Å². The fourth-order valence-electron chi connectivity index (χ4n) is 2.42. The molecule has 1 N–H and O–H groups in total. The molecule has 2 heteroatoms. The van der Waals surface area contributed by atoms with Gasteiger partial charge >= 0.3 is 0 Å². The number of halogens is 1. The zero-order chi connectivity index (χ0) is 13.7. The van der Waals surface area contributed by atoms with Crippen LogP contribution >= 0.6 is 11.6 Å². The van der Waals surface area contributed by atoms with E-state index in [4.69, 9.17) is 11.6 Å². The summed E-state index contributed by atoms with van der Waals surface area (Å²) in [5, 5.41) is 4.52. The smallest absolute Gasteiger partial charge is 0.0406 e. The van der Waals surface area contributed by atoms with E-state index in [0.29, 0.717) is 0 Å². The first-order chi connectivity index (χ1) is 9.13. The highest BCUT2D eigenvalue weighted by molar-refractivity contribution is 6.30. The van der Waals surface area contributed by atoms with Crippen molar-refractivity contribution in [3.8, 4) is 0 Å². The first-order valence-corrected chi connectivity index (χ1v) is 7.99. The average Bonchev–Trinajstić information content (AvgIpc) is 3.19. The van der Waals surface area contributed by atoms with E-state index in [2.05, 4.69) is 31.3 Å². The van der Waals surface area contributed by atoms with Gasteiger partial charge in [0.15, 0.2) is 0 Å². The molecule has 1 aromatic rings. The van der Waals surface area contributed by atoms with Crippen molar-refractivity contribution in [2.75, 3.05) is 6.54 Å². The maximum absolute atomic E-state index is 5.95. The van der Waals surface area contributed by atoms with Crippen molar-refractivity contribution in [2.24, 2.45) is 11.8 Å². The van der Waals surface area contributed by atoms with E-state index in [1.807, 2.05) is 12.1 Å². The number of benzene rings is 1. The molecule has 0 aromatic heterocycles. The van der Waals surface area contributed by atoms with Crippen LogP contribution in [0.25, 0.3) is 0 Å². The zero-order valence-corrected chi connectivity index (χ0v) is 12.9. The van der Waals surface area contributed by atoms with E-state index in [0.717, 1.165) is 22.9 Å². The molecule has 1 fully saturated rings. The molecule has 0 bridgehead atoms. The molecule has 0 spiro atoms. The fraction of sp³-hybridized carbons (Fsp3) is 0.647. The van der Waals surface area contributed by atoms with Crippen molar-refractivity contribution in [1.29, 1.82) is 0 Å². The van der Waals surface area contributed by atoms with Gasteiger partial charge in [-0.25, -0.2) is 0 Å². The molecule has 0 radical (unpaired) electrons. The van der Waals surface area contributed by atoms with Crippen molar-refractivity contribution in [3.05, 3.63) is 34.9 Å². The van der Waals surface area contributed by atoms with Crippen molar-refractivity contribution in [3.63, 3.8) is 0 Å². The Morgan fingerprint density at radius 2 is 1.84 bits per heavy atom. The topological polar surface area (TPSA) is 12.0 Å². The van der Waals surface area contributed by atoms with E-state index >= 15 is 0 Å². The van der Waals surface area contributed by atoms with Crippen molar-refractivity contribution < 1.29 is 0 Å². The van der Waals surface area contributed by atoms with Crippen LogP contribution in [0.5, 0.6) is 0 Å².